The zero-order chi connectivity index (χ0) is 15.9. The molecule has 0 atom stereocenters. The van der Waals surface area contributed by atoms with Crippen molar-refractivity contribution in [3.63, 3.8) is 0 Å². The van der Waals surface area contributed by atoms with E-state index < -0.39 is 0 Å². The average molecular weight is 301 g/mol. The van der Waals surface area contributed by atoms with Gasteiger partial charge in [0, 0.05) is 17.8 Å². The van der Waals surface area contributed by atoms with E-state index in [1.54, 1.807) is 42.5 Å². The van der Waals surface area contributed by atoms with E-state index in [1.807, 2.05) is 6.92 Å². The van der Waals surface area contributed by atoms with Crippen LogP contribution in [-0.2, 0) is 11.3 Å². The van der Waals surface area contributed by atoms with Gasteiger partial charge < -0.3 is 19.9 Å². The summed E-state index contributed by atoms with van der Waals surface area (Å²) in [5.74, 6) is 0.568. The Kier molecular flexibility index (Phi) is 5.25. The van der Waals surface area contributed by atoms with Crippen molar-refractivity contribution in [3.8, 4) is 11.5 Å². The molecule has 2 aromatic carbocycles. The average Bonchev–Trinajstić information content (AvgIpc) is 2.55. The minimum atomic E-state index is -0.363. The van der Waals surface area contributed by atoms with Gasteiger partial charge in [0.05, 0.1) is 19.3 Å². The van der Waals surface area contributed by atoms with Gasteiger partial charge in [-0.3, -0.25) is 0 Å². The third-order valence-corrected chi connectivity index (χ3v) is 3.13. The predicted molar refractivity (Wildman–Crippen MR) is 84.4 cm³/mol. The standard InChI is InChI=1S/C17H19NO4/c1-3-22-16-9-8-15(19)10-13(16)11-18-14-6-4-12(5-7-14)17(20)21-2/h4-10,18-19H,3,11H2,1-2H3. The zero-order valence-electron chi connectivity index (χ0n) is 12.6. The highest BCUT2D eigenvalue weighted by molar-refractivity contribution is 5.89. The second kappa shape index (κ2) is 7.36. The van der Waals surface area contributed by atoms with Crippen LogP contribution in [0.3, 0.4) is 0 Å². The first-order chi connectivity index (χ1) is 10.6. The number of benzene rings is 2. The summed E-state index contributed by atoms with van der Waals surface area (Å²) in [7, 11) is 1.35. The van der Waals surface area contributed by atoms with Crippen LogP contribution >= 0.6 is 0 Å². The van der Waals surface area contributed by atoms with E-state index in [0.29, 0.717) is 18.7 Å². The van der Waals surface area contributed by atoms with E-state index in [1.165, 1.54) is 7.11 Å². The number of ether oxygens (including phenoxy) is 2. The van der Waals surface area contributed by atoms with Crippen molar-refractivity contribution in [1.29, 1.82) is 0 Å². The monoisotopic (exact) mass is 301 g/mol. The molecular weight excluding hydrogens is 282 g/mol. The van der Waals surface area contributed by atoms with Gasteiger partial charge in [-0.1, -0.05) is 0 Å². The molecule has 0 aliphatic heterocycles. The Balaban J connectivity index is 2.06. The Labute approximate surface area is 129 Å². The lowest BCUT2D eigenvalue weighted by Gasteiger charge is -2.12. The molecule has 0 spiro atoms. The highest BCUT2D eigenvalue weighted by atomic mass is 16.5. The van der Waals surface area contributed by atoms with Crippen molar-refractivity contribution < 1.29 is 19.4 Å². The highest BCUT2D eigenvalue weighted by Crippen LogP contribution is 2.24. The van der Waals surface area contributed by atoms with Crippen LogP contribution in [0, 0.1) is 0 Å². The van der Waals surface area contributed by atoms with E-state index in [2.05, 4.69) is 10.1 Å². The van der Waals surface area contributed by atoms with Crippen molar-refractivity contribution in [2.24, 2.45) is 0 Å². The third kappa shape index (κ3) is 3.91. The molecule has 0 heterocycles. The molecule has 0 radical (unpaired) electrons. The summed E-state index contributed by atoms with van der Waals surface area (Å²) in [6.45, 7) is 2.97. The van der Waals surface area contributed by atoms with Crippen molar-refractivity contribution >= 4 is 11.7 Å². The number of phenolic OH excluding ortho intramolecular Hbond substituents is 1. The van der Waals surface area contributed by atoms with Crippen molar-refractivity contribution in [2.75, 3.05) is 19.0 Å². The lowest BCUT2D eigenvalue weighted by atomic mass is 10.1. The maximum absolute atomic E-state index is 11.4. The molecule has 2 N–H and O–H groups in total. The van der Waals surface area contributed by atoms with E-state index in [9.17, 15) is 9.90 Å². The first-order valence-corrected chi connectivity index (χ1v) is 7.01. The fraction of sp³-hybridized carbons (Fsp3) is 0.235. The summed E-state index contributed by atoms with van der Waals surface area (Å²) >= 11 is 0. The molecule has 0 bridgehead atoms. The van der Waals surface area contributed by atoms with Gasteiger partial charge in [-0.2, -0.15) is 0 Å². The van der Waals surface area contributed by atoms with Crippen LogP contribution in [-0.4, -0.2) is 24.8 Å². The molecule has 5 nitrogen and oxygen atoms in total. The molecular formula is C17H19NO4. The van der Waals surface area contributed by atoms with Crippen LogP contribution in [0.15, 0.2) is 42.5 Å². The number of carbonyl (C=O) groups excluding carboxylic acids is 1. The Bertz CT molecular complexity index is 638. The molecule has 0 amide bonds. The predicted octanol–water partition coefficient (Wildman–Crippen LogP) is 3.19. The summed E-state index contributed by atoms with van der Waals surface area (Å²) in [4.78, 5) is 11.4. The van der Waals surface area contributed by atoms with Crippen molar-refractivity contribution in [1.82, 2.24) is 0 Å². The maximum Gasteiger partial charge on any atom is 0.337 e. The van der Waals surface area contributed by atoms with E-state index in [0.717, 1.165) is 17.0 Å². The number of esters is 1. The summed E-state index contributed by atoms with van der Waals surface area (Å²) in [6, 6.07) is 12.0. The van der Waals surface area contributed by atoms with Crippen LogP contribution in [0.4, 0.5) is 5.69 Å². The molecule has 2 rings (SSSR count). The molecule has 5 heteroatoms. The molecule has 0 unspecified atom stereocenters. The molecule has 0 aliphatic rings. The van der Waals surface area contributed by atoms with E-state index in [-0.39, 0.29) is 11.7 Å². The molecule has 0 fully saturated rings. The number of anilines is 1. The lowest BCUT2D eigenvalue weighted by Crippen LogP contribution is -2.04. The summed E-state index contributed by atoms with van der Waals surface area (Å²) in [5.41, 5.74) is 2.22. The zero-order valence-corrected chi connectivity index (χ0v) is 12.6. The van der Waals surface area contributed by atoms with Gasteiger partial charge in [0.15, 0.2) is 0 Å². The Morgan fingerprint density at radius 1 is 1.18 bits per heavy atom. The largest absolute Gasteiger partial charge is 0.508 e. The van der Waals surface area contributed by atoms with Gasteiger partial charge in [-0.25, -0.2) is 4.79 Å². The normalized spacial score (nSPS) is 10.1. The second-order valence-electron chi connectivity index (χ2n) is 4.65. The van der Waals surface area contributed by atoms with Crippen molar-refractivity contribution in [2.45, 2.75) is 13.5 Å². The van der Waals surface area contributed by atoms with Gasteiger partial charge in [-0.05, 0) is 49.4 Å². The number of rotatable bonds is 6. The number of hydrogen-bond donors (Lipinski definition) is 2. The minimum absolute atomic E-state index is 0.196. The molecule has 22 heavy (non-hydrogen) atoms. The summed E-state index contributed by atoms with van der Waals surface area (Å²) < 4.78 is 10.2. The maximum atomic E-state index is 11.4. The van der Waals surface area contributed by atoms with Gasteiger partial charge in [-0.15, -0.1) is 0 Å². The number of hydrogen-bond acceptors (Lipinski definition) is 5. The SMILES string of the molecule is CCOc1ccc(O)cc1CNc1ccc(C(=O)OC)cc1. The minimum Gasteiger partial charge on any atom is -0.508 e. The molecule has 0 saturated carbocycles. The van der Waals surface area contributed by atoms with Gasteiger partial charge in [0.2, 0.25) is 0 Å². The summed E-state index contributed by atoms with van der Waals surface area (Å²) in [6.07, 6.45) is 0. The van der Waals surface area contributed by atoms with E-state index >= 15 is 0 Å². The number of phenols is 1. The number of methoxy groups -OCH3 is 1. The van der Waals surface area contributed by atoms with Crippen molar-refractivity contribution in [3.05, 3.63) is 53.6 Å². The van der Waals surface area contributed by atoms with Crippen LogP contribution < -0.4 is 10.1 Å². The Morgan fingerprint density at radius 3 is 2.55 bits per heavy atom. The third-order valence-electron chi connectivity index (χ3n) is 3.13. The first kappa shape index (κ1) is 15.7. The number of nitrogens with one attached hydrogen (secondary N) is 1. The topological polar surface area (TPSA) is 67.8 Å². The molecule has 2 aromatic rings. The van der Waals surface area contributed by atoms with Gasteiger partial charge in [0.1, 0.15) is 11.5 Å². The number of carbonyl (C=O) groups is 1. The quantitative estimate of drug-likeness (QED) is 0.802. The lowest BCUT2D eigenvalue weighted by molar-refractivity contribution is 0.0601. The summed E-state index contributed by atoms with van der Waals surface area (Å²) in [5, 5.41) is 12.8. The smallest absolute Gasteiger partial charge is 0.337 e. The van der Waals surface area contributed by atoms with Crippen LogP contribution in [0.2, 0.25) is 0 Å². The van der Waals surface area contributed by atoms with Gasteiger partial charge in [0.25, 0.3) is 0 Å². The molecule has 116 valence electrons. The Morgan fingerprint density at radius 2 is 1.91 bits per heavy atom. The molecule has 0 aromatic heterocycles. The van der Waals surface area contributed by atoms with Gasteiger partial charge >= 0.3 is 5.97 Å². The van der Waals surface area contributed by atoms with Crippen LogP contribution in [0.5, 0.6) is 11.5 Å². The van der Waals surface area contributed by atoms with Crippen LogP contribution in [0.1, 0.15) is 22.8 Å². The highest BCUT2D eigenvalue weighted by Gasteiger charge is 2.06. The molecule has 0 saturated heterocycles. The number of aromatic hydroxyl groups is 1. The van der Waals surface area contributed by atoms with Crippen LogP contribution in [0.25, 0.3) is 0 Å². The Hall–Kier alpha value is -2.69. The molecule has 0 aliphatic carbocycles. The van der Waals surface area contributed by atoms with E-state index in [4.69, 9.17) is 4.74 Å². The second-order valence-corrected chi connectivity index (χ2v) is 4.65. The first-order valence-electron chi connectivity index (χ1n) is 7.01. The fourth-order valence-electron chi connectivity index (χ4n) is 2.04. The fourth-order valence-corrected chi connectivity index (χ4v) is 2.04.